The van der Waals surface area contributed by atoms with E-state index in [1.165, 1.54) is 35.4 Å². The molecule has 0 atom stereocenters. The molecular weight excluding hydrogens is 332 g/mol. The van der Waals surface area contributed by atoms with Crippen molar-refractivity contribution >= 4 is 5.91 Å². The fourth-order valence-electron chi connectivity index (χ4n) is 3.92. The molecule has 0 saturated carbocycles. The first kappa shape index (κ1) is 17.6. The Morgan fingerprint density at radius 1 is 0.963 bits per heavy atom. The highest BCUT2D eigenvalue weighted by Crippen LogP contribution is 2.33. The van der Waals surface area contributed by atoms with E-state index in [4.69, 9.17) is 0 Å². The monoisotopic (exact) mass is 358 g/mol. The lowest BCUT2D eigenvalue weighted by atomic mass is 9.98. The standard InChI is InChI=1S/C24H26N2O/c1-17(2)25-24(27)19-12-14-21(15-13-19)26-22-11-7-6-10-20(22)16-23(26)18-8-4-3-5-9-18/h3-5,8-9,12-17H,6-7,10-11H2,1-2H3,(H,25,27). The second-order valence-corrected chi connectivity index (χ2v) is 7.59. The fourth-order valence-corrected chi connectivity index (χ4v) is 3.92. The van der Waals surface area contributed by atoms with Gasteiger partial charge in [0, 0.05) is 23.0 Å². The molecule has 0 aliphatic heterocycles. The molecule has 3 aromatic rings. The maximum atomic E-state index is 12.3. The molecule has 3 nitrogen and oxygen atoms in total. The zero-order valence-electron chi connectivity index (χ0n) is 16.0. The molecule has 0 fully saturated rings. The van der Waals surface area contributed by atoms with Gasteiger partial charge in [-0.15, -0.1) is 0 Å². The first-order chi connectivity index (χ1) is 13.1. The summed E-state index contributed by atoms with van der Waals surface area (Å²) in [5.74, 6) is -0.0191. The van der Waals surface area contributed by atoms with Gasteiger partial charge in [0.25, 0.3) is 5.91 Å². The van der Waals surface area contributed by atoms with Crippen LogP contribution in [0.15, 0.2) is 60.7 Å². The predicted octanol–water partition coefficient (Wildman–Crippen LogP) is 5.16. The van der Waals surface area contributed by atoms with Crippen LogP contribution in [0.25, 0.3) is 16.9 Å². The van der Waals surface area contributed by atoms with E-state index in [-0.39, 0.29) is 11.9 Å². The second kappa shape index (κ2) is 7.43. The van der Waals surface area contributed by atoms with Crippen LogP contribution in [0.5, 0.6) is 0 Å². The van der Waals surface area contributed by atoms with Gasteiger partial charge >= 0.3 is 0 Å². The minimum atomic E-state index is -0.0191. The highest BCUT2D eigenvalue weighted by atomic mass is 16.1. The topological polar surface area (TPSA) is 34.0 Å². The maximum Gasteiger partial charge on any atom is 0.251 e. The molecule has 138 valence electrons. The van der Waals surface area contributed by atoms with Gasteiger partial charge in [0.05, 0.1) is 5.69 Å². The van der Waals surface area contributed by atoms with Crippen molar-refractivity contribution in [3.63, 3.8) is 0 Å². The number of hydrogen-bond donors (Lipinski definition) is 1. The summed E-state index contributed by atoms with van der Waals surface area (Å²) in [7, 11) is 0. The van der Waals surface area contributed by atoms with Gasteiger partial charge in [-0.3, -0.25) is 4.79 Å². The SMILES string of the molecule is CC(C)NC(=O)c1ccc(-n2c(-c3ccccc3)cc3c2CCCC3)cc1. The molecule has 27 heavy (non-hydrogen) atoms. The number of nitrogens with zero attached hydrogens (tertiary/aromatic N) is 1. The lowest BCUT2D eigenvalue weighted by molar-refractivity contribution is 0.0943. The molecule has 1 amide bonds. The van der Waals surface area contributed by atoms with Crippen LogP contribution in [0.4, 0.5) is 0 Å². The molecule has 0 bridgehead atoms. The lowest BCUT2D eigenvalue weighted by Gasteiger charge is -2.18. The van der Waals surface area contributed by atoms with Gasteiger partial charge in [-0.2, -0.15) is 0 Å². The van der Waals surface area contributed by atoms with E-state index in [0.717, 1.165) is 18.5 Å². The summed E-state index contributed by atoms with van der Waals surface area (Å²) in [6.45, 7) is 3.95. The number of carbonyl (C=O) groups excluding carboxylic acids is 1. The summed E-state index contributed by atoms with van der Waals surface area (Å²) in [6, 6.07) is 21.0. The molecule has 0 radical (unpaired) electrons. The van der Waals surface area contributed by atoms with Crippen LogP contribution >= 0.6 is 0 Å². The van der Waals surface area contributed by atoms with Crippen LogP contribution in [-0.4, -0.2) is 16.5 Å². The molecular formula is C24H26N2O. The number of nitrogens with one attached hydrogen (secondary N) is 1. The molecule has 1 aliphatic rings. The van der Waals surface area contributed by atoms with Crippen LogP contribution < -0.4 is 5.32 Å². The molecule has 1 N–H and O–H groups in total. The van der Waals surface area contributed by atoms with Crippen molar-refractivity contribution in [3.05, 3.63) is 77.5 Å². The number of aryl methyl sites for hydroxylation is 1. The van der Waals surface area contributed by atoms with Crippen molar-refractivity contribution in [2.75, 3.05) is 0 Å². The molecule has 1 aliphatic carbocycles. The molecule has 2 aromatic carbocycles. The predicted molar refractivity (Wildman–Crippen MR) is 110 cm³/mol. The van der Waals surface area contributed by atoms with Crippen molar-refractivity contribution in [1.29, 1.82) is 0 Å². The third-order valence-corrected chi connectivity index (χ3v) is 5.18. The zero-order valence-corrected chi connectivity index (χ0v) is 16.0. The van der Waals surface area contributed by atoms with Crippen molar-refractivity contribution in [2.24, 2.45) is 0 Å². The third-order valence-electron chi connectivity index (χ3n) is 5.18. The second-order valence-electron chi connectivity index (χ2n) is 7.59. The van der Waals surface area contributed by atoms with Crippen molar-refractivity contribution in [3.8, 4) is 16.9 Å². The van der Waals surface area contributed by atoms with Crippen LogP contribution in [0.2, 0.25) is 0 Å². The Bertz CT molecular complexity index is 937. The summed E-state index contributed by atoms with van der Waals surface area (Å²) in [4.78, 5) is 12.3. The Morgan fingerprint density at radius 3 is 2.37 bits per heavy atom. The van der Waals surface area contributed by atoms with Gasteiger partial charge in [0.2, 0.25) is 0 Å². The van der Waals surface area contributed by atoms with E-state index in [1.54, 1.807) is 0 Å². The molecule has 4 rings (SSSR count). The molecule has 3 heteroatoms. The summed E-state index contributed by atoms with van der Waals surface area (Å²) >= 11 is 0. The fraction of sp³-hybridized carbons (Fsp3) is 0.292. The van der Waals surface area contributed by atoms with E-state index >= 15 is 0 Å². The van der Waals surface area contributed by atoms with Gasteiger partial charge in [-0.1, -0.05) is 30.3 Å². The highest BCUT2D eigenvalue weighted by molar-refractivity contribution is 5.94. The number of hydrogen-bond acceptors (Lipinski definition) is 1. The third kappa shape index (κ3) is 3.55. The van der Waals surface area contributed by atoms with E-state index < -0.39 is 0 Å². The Balaban J connectivity index is 1.77. The maximum absolute atomic E-state index is 12.3. The molecule has 1 heterocycles. The van der Waals surface area contributed by atoms with E-state index in [9.17, 15) is 4.79 Å². The van der Waals surface area contributed by atoms with Crippen LogP contribution in [0, 0.1) is 0 Å². The van der Waals surface area contributed by atoms with Gasteiger partial charge < -0.3 is 9.88 Å². The highest BCUT2D eigenvalue weighted by Gasteiger charge is 2.20. The first-order valence-corrected chi connectivity index (χ1v) is 9.83. The normalized spacial score (nSPS) is 13.4. The van der Waals surface area contributed by atoms with E-state index in [2.05, 4.69) is 58.4 Å². The van der Waals surface area contributed by atoms with Gasteiger partial charge in [-0.05, 0) is 81.0 Å². The molecule has 1 aromatic heterocycles. The van der Waals surface area contributed by atoms with E-state index in [0.29, 0.717) is 5.56 Å². The number of amides is 1. The minimum Gasteiger partial charge on any atom is -0.350 e. The summed E-state index contributed by atoms with van der Waals surface area (Å²) in [5.41, 5.74) is 7.17. The Kier molecular flexibility index (Phi) is 4.85. The minimum absolute atomic E-state index is 0.0191. The zero-order chi connectivity index (χ0) is 18.8. The van der Waals surface area contributed by atoms with Gasteiger partial charge in [0.15, 0.2) is 0 Å². The average molecular weight is 358 g/mol. The number of fused-ring (bicyclic) bond motifs is 1. The quantitative estimate of drug-likeness (QED) is 0.686. The van der Waals surface area contributed by atoms with E-state index in [1.807, 2.05) is 26.0 Å². The summed E-state index contributed by atoms with van der Waals surface area (Å²) in [6.07, 6.45) is 4.76. The largest absolute Gasteiger partial charge is 0.350 e. The van der Waals surface area contributed by atoms with Crippen LogP contribution in [0.3, 0.4) is 0 Å². The summed E-state index contributed by atoms with van der Waals surface area (Å²) < 4.78 is 2.38. The van der Waals surface area contributed by atoms with Gasteiger partial charge in [0.1, 0.15) is 0 Å². The van der Waals surface area contributed by atoms with Crippen LogP contribution in [-0.2, 0) is 12.8 Å². The van der Waals surface area contributed by atoms with Gasteiger partial charge in [-0.25, -0.2) is 0 Å². The smallest absolute Gasteiger partial charge is 0.251 e. The molecule has 0 unspecified atom stereocenters. The van der Waals surface area contributed by atoms with Crippen molar-refractivity contribution < 1.29 is 4.79 Å². The number of carbonyl (C=O) groups is 1. The number of rotatable bonds is 4. The molecule has 0 spiro atoms. The average Bonchev–Trinajstić information content (AvgIpc) is 3.08. The Labute approximate surface area is 161 Å². The summed E-state index contributed by atoms with van der Waals surface area (Å²) in [5, 5.41) is 2.95. The number of aromatic nitrogens is 1. The Morgan fingerprint density at radius 2 is 1.67 bits per heavy atom. The van der Waals surface area contributed by atoms with Crippen molar-refractivity contribution in [2.45, 2.75) is 45.6 Å². The van der Waals surface area contributed by atoms with Crippen LogP contribution in [0.1, 0.15) is 48.3 Å². The lowest BCUT2D eigenvalue weighted by Crippen LogP contribution is -2.30. The molecule has 0 saturated heterocycles. The van der Waals surface area contributed by atoms with Crippen molar-refractivity contribution in [1.82, 2.24) is 9.88 Å². The first-order valence-electron chi connectivity index (χ1n) is 9.83. The Hall–Kier alpha value is -2.81. The number of benzene rings is 2.